The van der Waals surface area contributed by atoms with Gasteiger partial charge in [-0.2, -0.15) is 4.98 Å². The van der Waals surface area contributed by atoms with Crippen LogP contribution in [0.2, 0.25) is 0 Å². The second-order valence-electron chi connectivity index (χ2n) is 4.24. The Balaban J connectivity index is 2.53. The van der Waals surface area contributed by atoms with Crippen LogP contribution in [-0.4, -0.2) is 27.5 Å². The molecule has 0 fully saturated rings. The van der Waals surface area contributed by atoms with Crippen molar-refractivity contribution in [3.63, 3.8) is 0 Å². The minimum atomic E-state index is -0.600. The van der Waals surface area contributed by atoms with Gasteiger partial charge < -0.3 is 20.1 Å². The Hall–Kier alpha value is -0.980. The highest BCUT2D eigenvalue weighted by Crippen LogP contribution is 2.12. The predicted molar refractivity (Wildman–Crippen MR) is 52.9 cm³/mol. The fourth-order valence-electron chi connectivity index (χ4n) is 0.837. The van der Waals surface area contributed by atoms with Crippen molar-refractivity contribution in [2.45, 2.75) is 39.0 Å². The highest BCUT2D eigenvalue weighted by Gasteiger charge is 2.16. The zero-order valence-corrected chi connectivity index (χ0v) is 9.23. The molecule has 0 aromatic carbocycles. The van der Waals surface area contributed by atoms with Crippen LogP contribution in [0, 0.1) is 0 Å². The van der Waals surface area contributed by atoms with Gasteiger partial charge in [-0.1, -0.05) is 5.16 Å². The molecular formula is C9H17N3O3. The van der Waals surface area contributed by atoms with E-state index in [1.54, 1.807) is 0 Å². The van der Waals surface area contributed by atoms with Crippen molar-refractivity contribution in [2.75, 3.05) is 6.61 Å². The summed E-state index contributed by atoms with van der Waals surface area (Å²) in [4.78, 5) is 4.00. The lowest BCUT2D eigenvalue weighted by Gasteiger charge is -2.17. The minimum absolute atomic E-state index is 0.209. The molecule has 0 saturated carbocycles. The Morgan fingerprint density at radius 3 is 2.73 bits per heavy atom. The maximum absolute atomic E-state index is 8.78. The van der Waals surface area contributed by atoms with Gasteiger partial charge >= 0.3 is 0 Å². The average molecular weight is 215 g/mol. The average Bonchev–Trinajstić information content (AvgIpc) is 2.61. The summed E-state index contributed by atoms with van der Waals surface area (Å²) in [6.45, 7) is 5.84. The first-order valence-corrected chi connectivity index (χ1v) is 4.75. The topological polar surface area (TPSA) is 94.4 Å². The van der Waals surface area contributed by atoms with Crippen molar-refractivity contribution in [3.8, 4) is 0 Å². The molecule has 1 aromatic heterocycles. The van der Waals surface area contributed by atoms with E-state index < -0.39 is 6.04 Å². The standard InChI is InChI=1S/C9H17N3O3/c1-9(2,3)14-5-7-11-8(12-15-7)6(10)4-13/h6,13H,4-5,10H2,1-3H3. The Kier molecular flexibility index (Phi) is 3.78. The molecule has 0 amide bonds. The molecule has 0 aliphatic heterocycles. The fraction of sp³-hybridized carbons (Fsp3) is 0.778. The molecule has 15 heavy (non-hydrogen) atoms. The number of aromatic nitrogens is 2. The number of hydrogen-bond acceptors (Lipinski definition) is 6. The highest BCUT2D eigenvalue weighted by atomic mass is 16.5. The molecule has 3 N–H and O–H groups in total. The van der Waals surface area contributed by atoms with Gasteiger partial charge in [-0.25, -0.2) is 0 Å². The van der Waals surface area contributed by atoms with E-state index in [0.29, 0.717) is 11.7 Å². The molecule has 6 heteroatoms. The third-order valence-electron chi connectivity index (χ3n) is 1.64. The Morgan fingerprint density at radius 1 is 1.53 bits per heavy atom. The van der Waals surface area contributed by atoms with E-state index >= 15 is 0 Å². The summed E-state index contributed by atoms with van der Waals surface area (Å²) in [6.07, 6.45) is 0. The molecule has 0 bridgehead atoms. The second kappa shape index (κ2) is 4.69. The van der Waals surface area contributed by atoms with Crippen molar-refractivity contribution >= 4 is 0 Å². The summed E-state index contributed by atoms with van der Waals surface area (Å²) in [5.74, 6) is 0.661. The van der Waals surface area contributed by atoms with Gasteiger partial charge in [-0.3, -0.25) is 0 Å². The summed E-state index contributed by atoms with van der Waals surface area (Å²) in [5, 5.41) is 12.4. The third-order valence-corrected chi connectivity index (χ3v) is 1.64. The van der Waals surface area contributed by atoms with Crippen LogP contribution in [-0.2, 0) is 11.3 Å². The Labute approximate surface area is 88.4 Å². The van der Waals surface area contributed by atoms with E-state index in [0.717, 1.165) is 0 Å². The van der Waals surface area contributed by atoms with E-state index in [-0.39, 0.29) is 18.8 Å². The molecule has 1 unspecified atom stereocenters. The van der Waals surface area contributed by atoms with Crippen molar-refractivity contribution in [1.29, 1.82) is 0 Å². The lowest BCUT2D eigenvalue weighted by Crippen LogP contribution is -2.19. The van der Waals surface area contributed by atoms with E-state index in [9.17, 15) is 0 Å². The number of ether oxygens (including phenoxy) is 1. The zero-order chi connectivity index (χ0) is 11.5. The summed E-state index contributed by atoms with van der Waals surface area (Å²) >= 11 is 0. The quantitative estimate of drug-likeness (QED) is 0.753. The number of nitrogens with zero attached hydrogens (tertiary/aromatic N) is 2. The zero-order valence-electron chi connectivity index (χ0n) is 9.23. The predicted octanol–water partition coefficient (Wildman–Crippen LogP) is 0.377. The van der Waals surface area contributed by atoms with Gasteiger partial charge in [-0.15, -0.1) is 0 Å². The third kappa shape index (κ3) is 3.94. The molecule has 6 nitrogen and oxygen atoms in total. The molecule has 86 valence electrons. The molecule has 0 radical (unpaired) electrons. The first-order valence-electron chi connectivity index (χ1n) is 4.75. The van der Waals surface area contributed by atoms with Crippen LogP contribution in [0.1, 0.15) is 38.5 Å². The van der Waals surface area contributed by atoms with E-state index in [1.165, 1.54) is 0 Å². The smallest absolute Gasteiger partial charge is 0.252 e. The van der Waals surface area contributed by atoms with Crippen LogP contribution < -0.4 is 5.73 Å². The Bertz CT molecular complexity index is 306. The maximum atomic E-state index is 8.78. The fourth-order valence-corrected chi connectivity index (χ4v) is 0.837. The Morgan fingerprint density at radius 2 is 2.20 bits per heavy atom. The van der Waals surface area contributed by atoms with E-state index in [2.05, 4.69) is 10.1 Å². The van der Waals surface area contributed by atoms with Gasteiger partial charge in [0.2, 0.25) is 0 Å². The molecule has 1 rings (SSSR count). The van der Waals surface area contributed by atoms with Gasteiger partial charge in [-0.05, 0) is 20.8 Å². The van der Waals surface area contributed by atoms with Crippen molar-refractivity contribution in [1.82, 2.24) is 10.1 Å². The van der Waals surface area contributed by atoms with E-state index in [4.69, 9.17) is 20.1 Å². The van der Waals surface area contributed by atoms with Gasteiger partial charge in [0.25, 0.3) is 5.89 Å². The van der Waals surface area contributed by atoms with Crippen LogP contribution in [0.5, 0.6) is 0 Å². The number of rotatable bonds is 4. The van der Waals surface area contributed by atoms with Crippen LogP contribution >= 0.6 is 0 Å². The monoisotopic (exact) mass is 215 g/mol. The molecular weight excluding hydrogens is 198 g/mol. The van der Waals surface area contributed by atoms with Crippen LogP contribution in [0.3, 0.4) is 0 Å². The summed E-state index contributed by atoms with van der Waals surface area (Å²) in [6, 6.07) is -0.600. The van der Waals surface area contributed by atoms with E-state index in [1.807, 2.05) is 20.8 Å². The molecule has 1 atom stereocenters. The number of hydrogen-bond donors (Lipinski definition) is 2. The van der Waals surface area contributed by atoms with Crippen molar-refractivity contribution in [2.24, 2.45) is 5.73 Å². The largest absolute Gasteiger partial charge is 0.394 e. The van der Waals surface area contributed by atoms with Gasteiger partial charge in [0.05, 0.1) is 18.2 Å². The first kappa shape index (κ1) is 12.1. The normalized spacial score (nSPS) is 14.2. The van der Waals surface area contributed by atoms with Gasteiger partial charge in [0, 0.05) is 0 Å². The van der Waals surface area contributed by atoms with Crippen molar-refractivity contribution < 1.29 is 14.4 Å². The summed E-state index contributed by atoms with van der Waals surface area (Å²) < 4.78 is 10.3. The number of aliphatic hydroxyl groups is 1. The lowest BCUT2D eigenvalue weighted by molar-refractivity contribution is -0.0260. The summed E-state index contributed by atoms with van der Waals surface area (Å²) in [5.41, 5.74) is 5.26. The summed E-state index contributed by atoms with van der Waals surface area (Å²) in [7, 11) is 0. The maximum Gasteiger partial charge on any atom is 0.252 e. The number of nitrogens with two attached hydrogens (primary N) is 1. The van der Waals surface area contributed by atoms with Gasteiger partial charge in [0.15, 0.2) is 5.82 Å². The SMILES string of the molecule is CC(C)(C)OCc1nc(C(N)CO)no1. The highest BCUT2D eigenvalue weighted by molar-refractivity contribution is 4.91. The van der Waals surface area contributed by atoms with Gasteiger partial charge in [0.1, 0.15) is 6.61 Å². The van der Waals surface area contributed by atoms with Crippen LogP contribution in [0.25, 0.3) is 0 Å². The molecule has 0 aliphatic rings. The van der Waals surface area contributed by atoms with Crippen LogP contribution in [0.15, 0.2) is 4.52 Å². The van der Waals surface area contributed by atoms with Crippen LogP contribution in [0.4, 0.5) is 0 Å². The lowest BCUT2D eigenvalue weighted by atomic mass is 10.2. The molecule has 1 aromatic rings. The molecule has 0 spiro atoms. The molecule has 0 saturated heterocycles. The molecule has 0 aliphatic carbocycles. The van der Waals surface area contributed by atoms with Crippen molar-refractivity contribution in [3.05, 3.63) is 11.7 Å². The number of aliphatic hydroxyl groups excluding tert-OH is 1. The minimum Gasteiger partial charge on any atom is -0.394 e. The molecule has 1 heterocycles. The first-order chi connectivity index (χ1) is 6.92. The second-order valence-corrected chi connectivity index (χ2v) is 4.24.